The smallest absolute Gasteiger partial charge is 0.227 e. The zero-order chi connectivity index (χ0) is 15.4. The molecule has 0 radical (unpaired) electrons. The third-order valence-electron chi connectivity index (χ3n) is 3.66. The molecule has 1 unspecified atom stereocenters. The second-order valence-corrected chi connectivity index (χ2v) is 5.53. The summed E-state index contributed by atoms with van der Waals surface area (Å²) in [5.41, 5.74) is 1.60. The number of hydrogen-bond donors (Lipinski definition) is 2. The van der Waals surface area contributed by atoms with Gasteiger partial charge >= 0.3 is 0 Å². The van der Waals surface area contributed by atoms with Gasteiger partial charge in [0.25, 0.3) is 0 Å². The molecule has 114 valence electrons. The van der Waals surface area contributed by atoms with Crippen LogP contribution in [-0.2, 0) is 4.79 Å². The minimum Gasteiger partial charge on any atom is -0.491 e. The Kier molecular flexibility index (Phi) is 4.39. The van der Waals surface area contributed by atoms with Crippen LogP contribution in [0.25, 0.3) is 0 Å². The van der Waals surface area contributed by atoms with Crippen LogP contribution in [0.1, 0.15) is 24.5 Å². The lowest BCUT2D eigenvalue weighted by Gasteiger charge is -2.13. The molecule has 1 atom stereocenters. The van der Waals surface area contributed by atoms with E-state index in [1.165, 1.54) is 0 Å². The monoisotopic (exact) mass is 297 g/mol. The van der Waals surface area contributed by atoms with Crippen LogP contribution in [0.4, 0.5) is 5.69 Å². The molecule has 0 bridgehead atoms. The molecule has 0 saturated heterocycles. The highest BCUT2D eigenvalue weighted by Gasteiger charge is 2.29. The third-order valence-corrected chi connectivity index (χ3v) is 3.66. The van der Waals surface area contributed by atoms with Crippen molar-refractivity contribution in [1.29, 1.82) is 0 Å². The molecule has 1 aliphatic rings. The van der Waals surface area contributed by atoms with E-state index in [0.29, 0.717) is 5.75 Å². The van der Waals surface area contributed by atoms with Gasteiger partial charge in [-0.3, -0.25) is 4.79 Å². The summed E-state index contributed by atoms with van der Waals surface area (Å²) in [6.45, 7) is 0.192. The number of carbonyl (C=O) groups is 1. The molecule has 22 heavy (non-hydrogen) atoms. The Morgan fingerprint density at radius 1 is 1.14 bits per heavy atom. The molecule has 1 amide bonds. The van der Waals surface area contributed by atoms with Gasteiger partial charge in [-0.1, -0.05) is 30.3 Å². The van der Waals surface area contributed by atoms with Crippen molar-refractivity contribution in [1.82, 2.24) is 0 Å². The molecule has 0 heterocycles. The highest BCUT2D eigenvalue weighted by atomic mass is 16.5. The topological polar surface area (TPSA) is 58.6 Å². The van der Waals surface area contributed by atoms with Crippen molar-refractivity contribution in [2.75, 3.05) is 11.9 Å². The minimum absolute atomic E-state index is 0.0909. The van der Waals surface area contributed by atoms with Crippen LogP contribution in [0.2, 0.25) is 0 Å². The summed E-state index contributed by atoms with van der Waals surface area (Å²) < 4.78 is 5.58. The van der Waals surface area contributed by atoms with Gasteiger partial charge in [-0.15, -0.1) is 0 Å². The molecule has 1 saturated carbocycles. The van der Waals surface area contributed by atoms with E-state index in [2.05, 4.69) is 5.32 Å². The predicted octanol–water partition coefficient (Wildman–Crippen LogP) is 3.15. The second-order valence-electron chi connectivity index (χ2n) is 5.53. The van der Waals surface area contributed by atoms with Crippen LogP contribution in [0.5, 0.6) is 5.75 Å². The first-order chi connectivity index (χ1) is 10.7. The van der Waals surface area contributed by atoms with Gasteiger partial charge in [-0.05, 0) is 42.7 Å². The summed E-state index contributed by atoms with van der Waals surface area (Å²) >= 11 is 0. The highest BCUT2D eigenvalue weighted by molar-refractivity contribution is 5.94. The van der Waals surface area contributed by atoms with E-state index in [0.717, 1.165) is 24.1 Å². The molecule has 4 nitrogen and oxygen atoms in total. The normalized spacial score (nSPS) is 15.1. The van der Waals surface area contributed by atoms with Crippen molar-refractivity contribution < 1.29 is 14.6 Å². The number of anilines is 1. The minimum atomic E-state index is -0.657. The Morgan fingerprint density at radius 2 is 1.82 bits per heavy atom. The molecular formula is C18H19NO3. The number of hydrogen-bond acceptors (Lipinski definition) is 3. The number of amides is 1. The van der Waals surface area contributed by atoms with Crippen LogP contribution >= 0.6 is 0 Å². The summed E-state index contributed by atoms with van der Waals surface area (Å²) in [5.74, 6) is 0.949. The molecule has 2 N–H and O–H groups in total. The van der Waals surface area contributed by atoms with Crippen LogP contribution in [0, 0.1) is 5.92 Å². The van der Waals surface area contributed by atoms with Crippen LogP contribution < -0.4 is 10.1 Å². The standard InChI is InChI=1S/C18H19NO3/c20-17(13-4-2-1-3-5-13)12-22-16-10-8-15(9-11-16)19-18(21)14-6-7-14/h1-5,8-11,14,17,20H,6-7,12H2,(H,19,21). The van der Waals surface area contributed by atoms with Crippen LogP contribution in [0.15, 0.2) is 54.6 Å². The van der Waals surface area contributed by atoms with E-state index >= 15 is 0 Å². The fourth-order valence-electron chi connectivity index (χ4n) is 2.17. The van der Waals surface area contributed by atoms with Gasteiger partial charge in [0.05, 0.1) is 0 Å². The van der Waals surface area contributed by atoms with Crippen molar-refractivity contribution in [2.24, 2.45) is 5.92 Å². The molecule has 1 fully saturated rings. The SMILES string of the molecule is O=C(Nc1ccc(OCC(O)c2ccccc2)cc1)C1CC1. The van der Waals surface area contributed by atoms with Gasteiger partial charge in [0, 0.05) is 11.6 Å². The number of carbonyl (C=O) groups excluding carboxylic acids is 1. The van der Waals surface area contributed by atoms with Gasteiger partial charge in [-0.2, -0.15) is 0 Å². The number of aliphatic hydroxyl groups excluding tert-OH is 1. The quantitative estimate of drug-likeness (QED) is 0.861. The van der Waals surface area contributed by atoms with E-state index < -0.39 is 6.10 Å². The van der Waals surface area contributed by atoms with E-state index in [4.69, 9.17) is 4.74 Å². The maximum absolute atomic E-state index is 11.7. The van der Waals surface area contributed by atoms with Gasteiger partial charge in [0.1, 0.15) is 18.5 Å². The summed E-state index contributed by atoms with van der Waals surface area (Å²) in [6.07, 6.45) is 1.32. The zero-order valence-corrected chi connectivity index (χ0v) is 12.2. The Hall–Kier alpha value is -2.33. The van der Waals surface area contributed by atoms with E-state index in [9.17, 15) is 9.90 Å². The Bertz CT molecular complexity index is 621. The second kappa shape index (κ2) is 6.62. The summed E-state index contributed by atoms with van der Waals surface area (Å²) in [7, 11) is 0. The molecule has 4 heteroatoms. The fourth-order valence-corrected chi connectivity index (χ4v) is 2.17. The Balaban J connectivity index is 1.51. The van der Waals surface area contributed by atoms with Crippen LogP contribution in [0.3, 0.4) is 0 Å². The lowest BCUT2D eigenvalue weighted by Crippen LogP contribution is -2.13. The molecule has 2 aromatic carbocycles. The van der Waals surface area contributed by atoms with Gasteiger partial charge < -0.3 is 15.2 Å². The number of benzene rings is 2. The zero-order valence-electron chi connectivity index (χ0n) is 12.2. The molecular weight excluding hydrogens is 278 g/mol. The first-order valence-corrected chi connectivity index (χ1v) is 7.49. The average molecular weight is 297 g/mol. The molecule has 0 aliphatic heterocycles. The number of nitrogens with one attached hydrogen (secondary N) is 1. The first-order valence-electron chi connectivity index (χ1n) is 7.49. The maximum Gasteiger partial charge on any atom is 0.227 e. The van der Waals surface area contributed by atoms with E-state index in [-0.39, 0.29) is 18.4 Å². The molecule has 3 rings (SSSR count). The Labute approximate surface area is 129 Å². The molecule has 1 aliphatic carbocycles. The first kappa shape index (κ1) is 14.6. The van der Waals surface area contributed by atoms with Crippen molar-refractivity contribution in [3.8, 4) is 5.75 Å². The van der Waals surface area contributed by atoms with Crippen molar-refractivity contribution in [2.45, 2.75) is 18.9 Å². The van der Waals surface area contributed by atoms with Crippen molar-refractivity contribution >= 4 is 11.6 Å². The van der Waals surface area contributed by atoms with Crippen molar-refractivity contribution in [3.05, 3.63) is 60.2 Å². The van der Waals surface area contributed by atoms with E-state index in [1.807, 2.05) is 42.5 Å². The lowest BCUT2D eigenvalue weighted by molar-refractivity contribution is -0.117. The van der Waals surface area contributed by atoms with E-state index in [1.54, 1.807) is 12.1 Å². The predicted molar refractivity (Wildman–Crippen MR) is 84.7 cm³/mol. The number of rotatable bonds is 6. The lowest BCUT2D eigenvalue weighted by atomic mass is 10.1. The summed E-state index contributed by atoms with van der Waals surface area (Å²) in [4.78, 5) is 11.7. The Morgan fingerprint density at radius 3 is 2.45 bits per heavy atom. The number of ether oxygens (including phenoxy) is 1. The summed E-state index contributed by atoms with van der Waals surface area (Å²) in [6, 6.07) is 16.6. The number of aliphatic hydroxyl groups is 1. The van der Waals surface area contributed by atoms with Gasteiger partial charge in [-0.25, -0.2) is 0 Å². The molecule has 2 aromatic rings. The largest absolute Gasteiger partial charge is 0.491 e. The summed E-state index contributed by atoms with van der Waals surface area (Å²) in [5, 5.41) is 12.9. The fraction of sp³-hybridized carbons (Fsp3) is 0.278. The highest BCUT2D eigenvalue weighted by Crippen LogP contribution is 2.30. The molecule has 0 spiro atoms. The maximum atomic E-state index is 11.7. The average Bonchev–Trinajstić information content (AvgIpc) is 3.40. The van der Waals surface area contributed by atoms with Gasteiger partial charge in [0.15, 0.2) is 0 Å². The molecule has 0 aromatic heterocycles. The van der Waals surface area contributed by atoms with Crippen molar-refractivity contribution in [3.63, 3.8) is 0 Å². The van der Waals surface area contributed by atoms with Crippen LogP contribution in [-0.4, -0.2) is 17.6 Å². The third kappa shape index (κ3) is 3.86. The van der Waals surface area contributed by atoms with Gasteiger partial charge in [0.2, 0.25) is 5.91 Å².